The van der Waals surface area contributed by atoms with Gasteiger partial charge in [0.25, 0.3) is 0 Å². The van der Waals surface area contributed by atoms with E-state index in [1.165, 1.54) is 22.3 Å². The molecule has 1 aliphatic carbocycles. The molecule has 6 aliphatic heterocycles. The highest BCUT2D eigenvalue weighted by atomic mass is 128. The highest BCUT2D eigenvalue weighted by Crippen LogP contribution is 2.39. The first-order valence-electron chi connectivity index (χ1n) is 26.4. The SMILES string of the molecule is CS(=O)(=O)N1CCN(Cc2cc3c(N4CCOCC4)nc(-c4cccc5nn(C6CCCCO6)cc45)nc3s2)CC1.CS(=O)(=O)N1CCN(Cc2cc3c(N4CCOCC4)nc(C4=CC=CC5NN=CC45)nc3s2)CC1.II. The Bertz CT molecular complexity index is 3410. The molecule has 5 saturated heterocycles. The molecular weight excluding hydrogens is 1300 g/mol. The Morgan fingerprint density at radius 1 is 0.679 bits per heavy atom. The highest BCUT2D eigenvalue weighted by molar-refractivity contribution is 15.0. The molecule has 5 aromatic heterocycles. The number of benzene rings is 1. The van der Waals surface area contributed by atoms with Crippen LogP contribution < -0.4 is 15.2 Å². The molecule has 418 valence electrons. The number of piperazine rings is 2. The number of hydrazone groups is 1. The van der Waals surface area contributed by atoms with Gasteiger partial charge < -0.3 is 29.4 Å². The van der Waals surface area contributed by atoms with Gasteiger partial charge in [0.2, 0.25) is 20.0 Å². The Balaban J connectivity index is 0.000000162. The molecule has 0 bridgehead atoms. The Labute approximate surface area is 486 Å². The van der Waals surface area contributed by atoms with E-state index in [2.05, 4.69) is 110 Å². The van der Waals surface area contributed by atoms with E-state index in [1.54, 1.807) is 31.3 Å². The molecule has 13 rings (SSSR count). The Morgan fingerprint density at radius 3 is 1.79 bits per heavy atom. The van der Waals surface area contributed by atoms with Gasteiger partial charge in [0, 0.05) is 174 Å². The van der Waals surface area contributed by atoms with Crippen molar-refractivity contribution in [3.8, 4) is 11.4 Å². The maximum atomic E-state index is 11.9. The van der Waals surface area contributed by atoms with Gasteiger partial charge in [-0.25, -0.2) is 41.5 Å². The van der Waals surface area contributed by atoms with Gasteiger partial charge in [-0.1, -0.05) is 30.4 Å². The molecule has 0 amide bonds. The third-order valence-electron chi connectivity index (χ3n) is 15.1. The van der Waals surface area contributed by atoms with Gasteiger partial charge in [0.05, 0.1) is 67.2 Å². The second kappa shape index (κ2) is 24.9. The summed E-state index contributed by atoms with van der Waals surface area (Å²) in [6.07, 6.45) is 16.0. The summed E-state index contributed by atoms with van der Waals surface area (Å²) in [4.78, 5) is 34.0. The lowest BCUT2D eigenvalue weighted by molar-refractivity contribution is -0.0390. The summed E-state index contributed by atoms with van der Waals surface area (Å²) in [5.41, 5.74) is 6.11. The van der Waals surface area contributed by atoms with E-state index in [0.717, 1.165) is 138 Å². The number of anilines is 2. The third kappa shape index (κ3) is 12.7. The molecular formula is C51H64I2N14O7S4. The molecule has 3 unspecified atom stereocenters. The van der Waals surface area contributed by atoms with Crippen molar-refractivity contribution in [1.82, 2.24) is 53.6 Å². The van der Waals surface area contributed by atoms with Crippen molar-refractivity contribution >= 4 is 135 Å². The molecule has 3 atom stereocenters. The minimum absolute atomic E-state index is 0.0320. The monoisotopic (exact) mass is 1370 g/mol. The lowest BCUT2D eigenvalue weighted by Gasteiger charge is -2.32. The number of hydrogen-bond donors (Lipinski definition) is 1. The molecule has 27 heteroatoms. The molecule has 21 nitrogen and oxygen atoms in total. The van der Waals surface area contributed by atoms with Crippen LogP contribution in [0.15, 0.2) is 59.9 Å². The molecule has 0 spiro atoms. The van der Waals surface area contributed by atoms with E-state index in [-0.39, 0.29) is 18.2 Å². The summed E-state index contributed by atoms with van der Waals surface area (Å²) in [6.45, 7) is 13.2. The van der Waals surface area contributed by atoms with Crippen LogP contribution in [0.1, 0.15) is 41.1 Å². The minimum atomic E-state index is -3.15. The smallest absolute Gasteiger partial charge is 0.211 e. The van der Waals surface area contributed by atoms with Crippen molar-refractivity contribution in [2.24, 2.45) is 11.0 Å². The van der Waals surface area contributed by atoms with E-state index in [0.29, 0.717) is 71.5 Å². The maximum absolute atomic E-state index is 11.9. The first kappa shape index (κ1) is 56.3. The third-order valence-corrected chi connectivity index (χ3v) is 19.8. The van der Waals surface area contributed by atoms with Crippen molar-refractivity contribution in [1.29, 1.82) is 0 Å². The molecule has 7 aliphatic rings. The Kier molecular flexibility index (Phi) is 17.9. The largest absolute Gasteiger partial charge is 0.378 e. The Morgan fingerprint density at radius 2 is 1.24 bits per heavy atom. The molecule has 11 heterocycles. The number of thiophene rings is 2. The van der Waals surface area contributed by atoms with E-state index in [1.807, 2.05) is 23.0 Å². The van der Waals surface area contributed by atoms with E-state index < -0.39 is 20.0 Å². The highest BCUT2D eigenvalue weighted by Gasteiger charge is 2.32. The normalized spacial score (nSPS) is 23.0. The van der Waals surface area contributed by atoms with Crippen LogP contribution in [-0.2, 0) is 47.3 Å². The molecule has 1 N–H and O–H groups in total. The first-order valence-corrected chi connectivity index (χ1v) is 38.0. The molecule has 6 aromatic rings. The van der Waals surface area contributed by atoms with Crippen LogP contribution in [0.2, 0.25) is 0 Å². The van der Waals surface area contributed by atoms with Gasteiger partial charge in [-0.3, -0.25) is 9.80 Å². The predicted octanol–water partition coefficient (Wildman–Crippen LogP) is 6.22. The summed E-state index contributed by atoms with van der Waals surface area (Å²) < 4.78 is 69.9. The van der Waals surface area contributed by atoms with Gasteiger partial charge in [0.1, 0.15) is 27.5 Å². The standard InChI is InChI=1S/C28H35N7O4S2.C23H29N7O3S2.I2/c1-41(36,37)34-10-8-32(9-11-34)18-20-17-22-27(33-12-15-38-16-13-33)29-26(30-28(22)40-20)21-5-4-6-24-23(21)19-35(31-24)25-7-2-3-14-39-25;1-35(31,32)30-7-5-28(6-8-30)15-16-13-18-22(29-9-11-33-12-10-29)25-21(26-23(18)34-16)17-3-2-4-20-19(17)14-24-27-20;1-2/h4-6,17,19,25H,2-3,7-16,18H2,1H3;2-4,13-14,19-20,27H,5-12,15H2,1H3;. The number of morpholine rings is 2. The number of aromatic nitrogens is 6. The summed E-state index contributed by atoms with van der Waals surface area (Å²) in [5.74, 6) is 3.48. The van der Waals surface area contributed by atoms with Crippen LogP contribution in [0.5, 0.6) is 0 Å². The fourth-order valence-electron chi connectivity index (χ4n) is 11.0. The van der Waals surface area contributed by atoms with Gasteiger partial charge >= 0.3 is 0 Å². The molecule has 78 heavy (non-hydrogen) atoms. The molecule has 1 aromatic carbocycles. The van der Waals surface area contributed by atoms with Gasteiger partial charge in [-0.15, -0.1) is 22.7 Å². The minimum Gasteiger partial charge on any atom is -0.378 e. The van der Waals surface area contributed by atoms with E-state index in [9.17, 15) is 16.8 Å². The predicted molar refractivity (Wildman–Crippen MR) is 326 cm³/mol. The fourth-order valence-corrected chi connectivity index (χ4v) is 14.8. The van der Waals surface area contributed by atoms with Crippen molar-refractivity contribution in [3.05, 3.63) is 70.3 Å². The fraction of sp³-hybridized carbons (Fsp3) is 0.529. The second-order valence-corrected chi connectivity index (χ2v) is 26.5. The summed E-state index contributed by atoms with van der Waals surface area (Å²) in [5, 5.41) is 12.3. The number of nitrogens with zero attached hydrogens (tertiary/aromatic N) is 13. The van der Waals surface area contributed by atoms with Crippen LogP contribution in [0.4, 0.5) is 11.6 Å². The summed E-state index contributed by atoms with van der Waals surface area (Å²) >= 11 is 7.64. The van der Waals surface area contributed by atoms with Crippen molar-refractivity contribution in [3.63, 3.8) is 0 Å². The number of nitrogens with one attached hydrogen (secondary N) is 1. The van der Waals surface area contributed by atoms with Crippen LogP contribution in [0.3, 0.4) is 0 Å². The van der Waals surface area contributed by atoms with Crippen LogP contribution >= 0.6 is 59.9 Å². The lowest BCUT2D eigenvalue weighted by atomic mass is 9.89. The number of sulfonamides is 2. The average Bonchev–Trinajstić information content (AvgIpc) is 4.36. The lowest BCUT2D eigenvalue weighted by Crippen LogP contribution is -2.47. The summed E-state index contributed by atoms with van der Waals surface area (Å²) in [7, 11) is -6.28. The Hall–Kier alpha value is -3.60. The number of ether oxygens (including phenoxy) is 3. The van der Waals surface area contributed by atoms with Crippen molar-refractivity contribution < 1.29 is 31.0 Å². The zero-order valence-corrected chi connectivity index (χ0v) is 51.2. The van der Waals surface area contributed by atoms with Gasteiger partial charge in [0.15, 0.2) is 11.6 Å². The van der Waals surface area contributed by atoms with Crippen LogP contribution in [-0.4, -0.2) is 201 Å². The first-order chi connectivity index (χ1) is 37.9. The van der Waals surface area contributed by atoms with Gasteiger partial charge in [-0.2, -0.15) is 18.8 Å². The zero-order valence-electron chi connectivity index (χ0n) is 43.6. The number of allylic oxidation sites excluding steroid dienone is 2. The maximum Gasteiger partial charge on any atom is 0.211 e. The number of rotatable bonds is 11. The average molecular weight is 1370 g/mol. The van der Waals surface area contributed by atoms with E-state index >= 15 is 0 Å². The van der Waals surface area contributed by atoms with E-state index in [4.69, 9.17) is 39.2 Å². The van der Waals surface area contributed by atoms with Crippen molar-refractivity contribution in [2.45, 2.75) is 44.6 Å². The molecule has 0 saturated carbocycles. The number of halogens is 2. The number of hydrogen-bond acceptors (Lipinski definition) is 20. The zero-order chi connectivity index (χ0) is 54.0. The van der Waals surface area contributed by atoms with Gasteiger partial charge in [-0.05, 0) is 37.5 Å². The quantitative estimate of drug-likeness (QED) is 0.143. The van der Waals surface area contributed by atoms with Crippen LogP contribution in [0.25, 0.3) is 48.3 Å². The van der Waals surface area contributed by atoms with Crippen molar-refractivity contribution in [2.75, 3.05) is 134 Å². The number of fused-ring (bicyclic) bond motifs is 4. The summed E-state index contributed by atoms with van der Waals surface area (Å²) in [6, 6.07) is 10.7. The topological polar surface area (TPSA) is 209 Å². The second-order valence-electron chi connectivity index (χ2n) is 20.3. The molecule has 5 fully saturated rings. The molecule has 0 radical (unpaired) electrons. The van der Waals surface area contributed by atoms with Crippen LogP contribution in [0, 0.1) is 5.92 Å².